The fourth-order valence-electron chi connectivity index (χ4n) is 2.75. The molecule has 1 heterocycles. The number of rotatable bonds is 2. The topological polar surface area (TPSA) is 20.3 Å². The molecule has 0 aromatic heterocycles. The number of carbonyl (C=O) groups is 1. The van der Waals surface area contributed by atoms with E-state index in [1.165, 1.54) is 0 Å². The van der Waals surface area contributed by atoms with Crippen LogP contribution >= 0.6 is 0 Å². The molecule has 0 bridgehead atoms. The third-order valence-electron chi connectivity index (χ3n) is 3.78. The molecule has 1 aliphatic heterocycles. The maximum atomic E-state index is 12.9. The summed E-state index contributed by atoms with van der Waals surface area (Å²) in [5.41, 5.74) is 1.95. The average Bonchev–Trinajstić information content (AvgIpc) is 2.90. The van der Waals surface area contributed by atoms with E-state index in [1.807, 2.05) is 30.3 Å². The molecule has 118 valence electrons. The molecule has 5 heteroatoms. The number of hydrogen-bond acceptors (Lipinski definition) is 1. The minimum absolute atomic E-state index is 0.331. The van der Waals surface area contributed by atoms with Crippen molar-refractivity contribution in [3.63, 3.8) is 0 Å². The van der Waals surface area contributed by atoms with E-state index >= 15 is 0 Å². The zero-order chi connectivity index (χ0) is 16.4. The second-order valence-corrected chi connectivity index (χ2v) is 5.34. The van der Waals surface area contributed by atoms with Gasteiger partial charge in [0.2, 0.25) is 0 Å². The van der Waals surface area contributed by atoms with E-state index in [4.69, 9.17) is 0 Å². The minimum Gasteiger partial charge on any atom is -0.297 e. The maximum absolute atomic E-state index is 12.9. The summed E-state index contributed by atoms with van der Waals surface area (Å²) >= 11 is 0. The lowest BCUT2D eigenvalue weighted by Crippen LogP contribution is -2.44. The van der Waals surface area contributed by atoms with Gasteiger partial charge in [-0.2, -0.15) is 13.2 Å². The summed E-state index contributed by atoms with van der Waals surface area (Å²) in [4.78, 5) is 12.7. The summed E-state index contributed by atoms with van der Waals surface area (Å²) in [5, 5.41) is 0. The molecule has 1 unspecified atom stereocenters. The first-order chi connectivity index (χ1) is 11.0. The average molecular weight is 317 g/mol. The summed E-state index contributed by atoms with van der Waals surface area (Å²) in [5.74, 6) is -1.83. The lowest BCUT2D eigenvalue weighted by molar-refractivity contribution is -0.170. The van der Waals surface area contributed by atoms with Crippen molar-refractivity contribution in [2.24, 2.45) is 0 Å². The summed E-state index contributed by atoms with van der Waals surface area (Å²) < 4.78 is 38.7. The van der Waals surface area contributed by atoms with Crippen LogP contribution in [0.4, 0.5) is 18.9 Å². The molecule has 2 aromatic carbocycles. The molecule has 0 spiro atoms. The van der Waals surface area contributed by atoms with Gasteiger partial charge in [0.05, 0.1) is 6.04 Å². The Morgan fingerprint density at radius 3 is 2.39 bits per heavy atom. The highest BCUT2D eigenvalue weighted by molar-refractivity contribution is 6.00. The number of halogens is 3. The Labute approximate surface area is 131 Å². The largest absolute Gasteiger partial charge is 0.471 e. The smallest absolute Gasteiger partial charge is 0.297 e. The molecule has 0 N–H and O–H groups in total. The van der Waals surface area contributed by atoms with E-state index in [2.05, 4.69) is 0 Å². The molecule has 0 saturated carbocycles. The van der Waals surface area contributed by atoms with Crippen molar-refractivity contribution >= 4 is 17.7 Å². The molecule has 0 saturated heterocycles. The van der Waals surface area contributed by atoms with Gasteiger partial charge in [-0.1, -0.05) is 60.7 Å². The number of carbonyl (C=O) groups excluding carboxylic acids is 1. The quantitative estimate of drug-likeness (QED) is 0.812. The molecule has 1 atom stereocenters. The van der Waals surface area contributed by atoms with Crippen LogP contribution in [-0.2, 0) is 11.2 Å². The van der Waals surface area contributed by atoms with Crippen LogP contribution in [-0.4, -0.2) is 18.1 Å². The highest BCUT2D eigenvalue weighted by atomic mass is 19.4. The van der Waals surface area contributed by atoms with Crippen molar-refractivity contribution in [1.29, 1.82) is 0 Å². The van der Waals surface area contributed by atoms with Gasteiger partial charge in [0, 0.05) is 5.69 Å². The number of para-hydroxylation sites is 1. The Bertz CT molecular complexity index is 737. The Morgan fingerprint density at radius 1 is 1.04 bits per heavy atom. The van der Waals surface area contributed by atoms with Crippen LogP contribution in [0.3, 0.4) is 0 Å². The van der Waals surface area contributed by atoms with Crippen molar-refractivity contribution in [3.05, 3.63) is 71.8 Å². The zero-order valence-electron chi connectivity index (χ0n) is 12.1. The van der Waals surface area contributed by atoms with E-state index in [9.17, 15) is 18.0 Å². The Morgan fingerprint density at radius 2 is 1.70 bits per heavy atom. The fraction of sp³-hybridized carbons (Fsp3) is 0.167. The molecule has 3 rings (SSSR count). The molecule has 0 aliphatic carbocycles. The molecule has 0 radical (unpaired) electrons. The maximum Gasteiger partial charge on any atom is 0.471 e. The normalized spacial score (nSPS) is 17.5. The van der Waals surface area contributed by atoms with Crippen molar-refractivity contribution < 1.29 is 18.0 Å². The second kappa shape index (κ2) is 5.91. The van der Waals surface area contributed by atoms with E-state index in [1.54, 1.807) is 36.4 Å². The number of fused-ring (bicyclic) bond motifs is 1. The summed E-state index contributed by atoms with van der Waals surface area (Å²) in [7, 11) is 0. The highest BCUT2D eigenvalue weighted by Crippen LogP contribution is 2.36. The van der Waals surface area contributed by atoms with Crippen molar-refractivity contribution in [3.8, 4) is 0 Å². The molecule has 1 amide bonds. The molecule has 2 aromatic rings. The van der Waals surface area contributed by atoms with Crippen LogP contribution in [0.15, 0.2) is 60.7 Å². The predicted octanol–water partition coefficient (Wildman–Crippen LogP) is 4.22. The number of nitrogens with zero attached hydrogens (tertiary/aromatic N) is 1. The summed E-state index contributed by atoms with van der Waals surface area (Å²) in [6.45, 7) is 0. The Balaban J connectivity index is 1.93. The zero-order valence-corrected chi connectivity index (χ0v) is 12.1. The third-order valence-corrected chi connectivity index (χ3v) is 3.78. The Kier molecular flexibility index (Phi) is 3.94. The lowest BCUT2D eigenvalue weighted by atomic mass is 10.1. The number of amides is 1. The molecular weight excluding hydrogens is 303 g/mol. The van der Waals surface area contributed by atoms with Gasteiger partial charge in [0.1, 0.15) is 0 Å². The first kappa shape index (κ1) is 15.3. The van der Waals surface area contributed by atoms with Gasteiger partial charge in [0.25, 0.3) is 0 Å². The number of hydrogen-bond donors (Lipinski definition) is 0. The van der Waals surface area contributed by atoms with Crippen molar-refractivity contribution in [2.45, 2.75) is 18.6 Å². The second-order valence-electron chi connectivity index (χ2n) is 5.34. The molecule has 1 aliphatic rings. The fourth-order valence-corrected chi connectivity index (χ4v) is 2.75. The van der Waals surface area contributed by atoms with Gasteiger partial charge >= 0.3 is 12.1 Å². The monoisotopic (exact) mass is 317 g/mol. The number of anilines is 1. The minimum atomic E-state index is -4.89. The van der Waals surface area contributed by atoms with Crippen LogP contribution in [0.1, 0.15) is 11.1 Å². The number of alkyl halides is 3. The first-order valence-corrected chi connectivity index (χ1v) is 7.18. The summed E-state index contributed by atoms with van der Waals surface area (Å²) in [6.07, 6.45) is -1.12. The van der Waals surface area contributed by atoms with Gasteiger partial charge in [0.15, 0.2) is 0 Å². The van der Waals surface area contributed by atoms with Crippen LogP contribution < -0.4 is 4.90 Å². The van der Waals surface area contributed by atoms with Crippen LogP contribution in [0, 0.1) is 0 Å². The highest BCUT2D eigenvalue weighted by Gasteiger charge is 2.47. The molecule has 0 fully saturated rings. The number of benzene rings is 2. The Hall–Kier alpha value is -2.56. The molecule has 2 nitrogen and oxygen atoms in total. The predicted molar refractivity (Wildman–Crippen MR) is 83.0 cm³/mol. The van der Waals surface area contributed by atoms with Crippen LogP contribution in [0.25, 0.3) is 6.08 Å². The standard InChI is InChI=1S/C18H14F3NO/c19-18(20,21)17(23)22-15(11-10-13-6-2-1-3-7-13)12-14-8-4-5-9-16(14)22/h1-11,15H,12H2/b11-10+. The third kappa shape index (κ3) is 3.13. The van der Waals surface area contributed by atoms with Gasteiger partial charge < -0.3 is 0 Å². The lowest BCUT2D eigenvalue weighted by Gasteiger charge is -2.24. The van der Waals surface area contributed by atoms with E-state index in [0.29, 0.717) is 12.1 Å². The van der Waals surface area contributed by atoms with Crippen molar-refractivity contribution in [2.75, 3.05) is 4.90 Å². The van der Waals surface area contributed by atoms with Crippen LogP contribution in [0.5, 0.6) is 0 Å². The van der Waals surface area contributed by atoms with Gasteiger partial charge in [-0.15, -0.1) is 0 Å². The van der Waals surface area contributed by atoms with Gasteiger partial charge in [-0.05, 0) is 23.6 Å². The first-order valence-electron chi connectivity index (χ1n) is 7.18. The van der Waals surface area contributed by atoms with E-state index in [0.717, 1.165) is 16.0 Å². The van der Waals surface area contributed by atoms with Gasteiger partial charge in [-0.3, -0.25) is 9.69 Å². The summed E-state index contributed by atoms with van der Waals surface area (Å²) in [6, 6.07) is 15.3. The SMILES string of the molecule is O=C(N1c2ccccc2CC1/C=C/c1ccccc1)C(F)(F)F. The van der Waals surface area contributed by atoms with Gasteiger partial charge in [-0.25, -0.2) is 0 Å². The van der Waals surface area contributed by atoms with E-state index < -0.39 is 18.1 Å². The molecular formula is C18H14F3NO. The van der Waals surface area contributed by atoms with E-state index in [-0.39, 0.29) is 0 Å². The van der Waals surface area contributed by atoms with Crippen molar-refractivity contribution in [1.82, 2.24) is 0 Å². The van der Waals surface area contributed by atoms with Crippen LogP contribution in [0.2, 0.25) is 0 Å². The molecule has 23 heavy (non-hydrogen) atoms.